The number of ketones is 2. The summed E-state index contributed by atoms with van der Waals surface area (Å²) in [5, 5.41) is 39.9. The Morgan fingerprint density at radius 3 is 1.48 bits per heavy atom. The zero-order valence-electron chi connectivity index (χ0n) is 25.5. The van der Waals surface area contributed by atoms with Crippen LogP contribution in [0, 0.1) is 51.2 Å². The minimum absolute atomic E-state index is 0.0608. The highest BCUT2D eigenvalue weighted by atomic mass is 32.1. The summed E-state index contributed by atoms with van der Waals surface area (Å²) >= 11 is 2.78. The molecule has 5 aromatic rings. The summed E-state index contributed by atoms with van der Waals surface area (Å²) in [6, 6.07) is 25.3. The number of aliphatic imine (C=N–C) groups is 2. The highest BCUT2D eigenvalue weighted by Crippen LogP contribution is 2.47. The van der Waals surface area contributed by atoms with Crippen molar-refractivity contribution in [2.75, 3.05) is 0 Å². The summed E-state index contributed by atoms with van der Waals surface area (Å²) in [6.45, 7) is 4.98. The first-order chi connectivity index (χ1) is 23.3. The van der Waals surface area contributed by atoms with Crippen molar-refractivity contribution in [1.29, 1.82) is 21.0 Å². The van der Waals surface area contributed by atoms with Gasteiger partial charge in [-0.15, -0.1) is 22.7 Å². The van der Waals surface area contributed by atoms with Crippen LogP contribution >= 0.6 is 22.7 Å². The molecule has 2 aliphatic carbocycles. The van der Waals surface area contributed by atoms with E-state index < -0.39 is 0 Å². The van der Waals surface area contributed by atoms with Gasteiger partial charge in [-0.2, -0.15) is 21.0 Å². The third-order valence-corrected chi connectivity index (χ3v) is 10.8. The molecule has 0 aliphatic heterocycles. The second-order valence-electron chi connectivity index (χ2n) is 11.3. The van der Waals surface area contributed by atoms with Gasteiger partial charge in [0.2, 0.25) is 11.6 Å². The SMILES string of the molecule is CCC(C)Cn1c2cc(/N=C3\C(=O)c4ccccc4C3=C(C#N)C#N)sc2c2sc(/N=C3\C(=O)c4ccccc4C3=C(C#N)C#N)cc21. The minimum Gasteiger partial charge on any atom is -0.339 e. The van der Waals surface area contributed by atoms with Gasteiger partial charge < -0.3 is 4.57 Å². The molecule has 11 heteroatoms. The number of fused-ring (bicyclic) bond motifs is 5. The van der Waals surface area contributed by atoms with Crippen molar-refractivity contribution < 1.29 is 9.59 Å². The Balaban J connectivity index is 1.41. The van der Waals surface area contributed by atoms with E-state index in [0.717, 1.165) is 26.9 Å². The zero-order valence-corrected chi connectivity index (χ0v) is 27.2. The van der Waals surface area contributed by atoms with E-state index in [1.54, 1.807) is 48.5 Å². The van der Waals surface area contributed by atoms with Gasteiger partial charge in [-0.3, -0.25) is 9.59 Å². The standard InChI is InChI=1S/C37H21N7O2S2/c1-3-19(2)18-44-26-12-28(42-32-30(20(14-38)15-39)22-8-4-6-10-24(22)34(32)45)47-36(26)37-27(44)13-29(48-37)43-33-31(21(16-40)17-41)23-9-5-7-11-25(23)35(33)46/h4-13,19H,3,18H2,1-2H3/b42-32-,43-33-. The summed E-state index contributed by atoms with van der Waals surface area (Å²) in [5.74, 6) is -0.357. The Kier molecular flexibility index (Phi) is 7.50. The molecule has 2 aliphatic rings. The summed E-state index contributed by atoms with van der Waals surface area (Å²) in [5.41, 5.74) is 3.92. The molecule has 3 aromatic heterocycles. The number of aromatic nitrogens is 1. The highest BCUT2D eigenvalue weighted by molar-refractivity contribution is 7.30. The van der Waals surface area contributed by atoms with E-state index in [4.69, 9.17) is 9.98 Å². The summed E-state index contributed by atoms with van der Waals surface area (Å²) in [7, 11) is 0. The molecule has 48 heavy (non-hydrogen) atoms. The van der Waals surface area contributed by atoms with Crippen LogP contribution in [0.25, 0.3) is 31.6 Å². The Labute approximate surface area is 282 Å². The molecule has 0 radical (unpaired) electrons. The van der Waals surface area contributed by atoms with Crippen LogP contribution in [0.1, 0.15) is 52.1 Å². The summed E-state index contributed by atoms with van der Waals surface area (Å²) in [6.07, 6.45) is 0.942. The van der Waals surface area contributed by atoms with Crippen LogP contribution in [-0.2, 0) is 6.54 Å². The van der Waals surface area contributed by atoms with E-state index in [9.17, 15) is 30.6 Å². The number of carbonyl (C=O) groups excluding carboxylic acids is 2. The molecule has 3 heterocycles. The number of benzene rings is 2. The number of allylic oxidation sites excluding steroid dienone is 4. The van der Waals surface area contributed by atoms with Crippen LogP contribution in [0.5, 0.6) is 0 Å². The van der Waals surface area contributed by atoms with Crippen molar-refractivity contribution in [2.45, 2.75) is 26.8 Å². The first-order valence-corrected chi connectivity index (χ1v) is 16.6. The minimum atomic E-state index is -0.344. The van der Waals surface area contributed by atoms with Crippen molar-refractivity contribution in [2.24, 2.45) is 15.9 Å². The quantitative estimate of drug-likeness (QED) is 0.172. The molecular formula is C37H21N7O2S2. The number of rotatable bonds is 5. The van der Waals surface area contributed by atoms with Crippen LogP contribution in [0.4, 0.5) is 10.0 Å². The van der Waals surface area contributed by atoms with Crippen LogP contribution < -0.4 is 0 Å². The van der Waals surface area contributed by atoms with Gasteiger partial charge in [0, 0.05) is 28.8 Å². The van der Waals surface area contributed by atoms with Gasteiger partial charge in [0.25, 0.3) is 0 Å². The van der Waals surface area contributed by atoms with Gasteiger partial charge in [0.15, 0.2) is 0 Å². The Morgan fingerprint density at radius 2 is 1.10 bits per heavy atom. The van der Waals surface area contributed by atoms with E-state index in [0.29, 0.717) is 44.7 Å². The lowest BCUT2D eigenvalue weighted by Gasteiger charge is -2.11. The fourth-order valence-corrected chi connectivity index (χ4v) is 8.32. The fraction of sp³-hybridized carbons (Fsp3) is 0.135. The molecule has 0 bridgehead atoms. The van der Waals surface area contributed by atoms with Crippen molar-refractivity contribution in [1.82, 2.24) is 4.57 Å². The van der Waals surface area contributed by atoms with Crippen LogP contribution in [0.3, 0.4) is 0 Å². The van der Waals surface area contributed by atoms with Gasteiger partial charge in [0.05, 0.1) is 20.4 Å². The van der Waals surface area contributed by atoms with Crippen LogP contribution in [-0.4, -0.2) is 27.6 Å². The van der Waals surface area contributed by atoms with Gasteiger partial charge in [-0.05, 0) is 29.2 Å². The van der Waals surface area contributed by atoms with Crippen molar-refractivity contribution in [3.05, 3.63) is 94.1 Å². The maximum absolute atomic E-state index is 13.5. The lowest BCUT2D eigenvalue weighted by molar-refractivity contribution is 0.106. The predicted octanol–water partition coefficient (Wildman–Crippen LogP) is 8.50. The monoisotopic (exact) mass is 659 g/mol. The van der Waals surface area contributed by atoms with Crippen LogP contribution in [0.2, 0.25) is 0 Å². The normalized spacial score (nSPS) is 15.8. The molecule has 2 aromatic carbocycles. The first-order valence-electron chi connectivity index (χ1n) is 14.9. The largest absolute Gasteiger partial charge is 0.339 e. The third-order valence-electron chi connectivity index (χ3n) is 8.55. The average Bonchev–Trinajstić information content (AvgIpc) is 3.89. The second kappa shape index (κ2) is 11.8. The van der Waals surface area contributed by atoms with Crippen molar-refractivity contribution in [3.8, 4) is 24.3 Å². The zero-order chi connectivity index (χ0) is 33.7. The van der Waals surface area contributed by atoms with Gasteiger partial charge in [-0.1, -0.05) is 68.8 Å². The maximum Gasteiger partial charge on any atom is 0.212 e. The average molecular weight is 660 g/mol. The molecule has 0 saturated heterocycles. The number of hydrogen-bond acceptors (Lipinski definition) is 10. The van der Waals surface area contributed by atoms with Gasteiger partial charge >= 0.3 is 0 Å². The van der Waals surface area contributed by atoms with Crippen LogP contribution in [0.15, 0.2) is 81.8 Å². The first kappa shape index (κ1) is 30.4. The number of nitriles is 4. The molecule has 0 saturated carbocycles. The molecule has 9 nitrogen and oxygen atoms in total. The number of Topliss-reactive ketones (excluding diaryl/α,β-unsaturated/α-hetero) is 2. The van der Waals surface area contributed by atoms with E-state index >= 15 is 0 Å². The molecule has 0 spiro atoms. The van der Waals surface area contributed by atoms with E-state index in [2.05, 4.69) is 18.4 Å². The number of carbonyl (C=O) groups is 2. The van der Waals surface area contributed by atoms with Gasteiger partial charge in [-0.25, -0.2) is 9.98 Å². The molecule has 1 atom stereocenters. The van der Waals surface area contributed by atoms with Crippen molar-refractivity contribution in [3.63, 3.8) is 0 Å². The molecule has 228 valence electrons. The summed E-state index contributed by atoms with van der Waals surface area (Å²) < 4.78 is 4.03. The lowest BCUT2D eigenvalue weighted by Crippen LogP contribution is -2.07. The lowest BCUT2D eigenvalue weighted by atomic mass is 10.0. The second-order valence-corrected chi connectivity index (χ2v) is 13.4. The molecule has 7 rings (SSSR count). The molecule has 1 unspecified atom stereocenters. The smallest absolute Gasteiger partial charge is 0.212 e. The molecule has 0 amide bonds. The third kappa shape index (κ3) is 4.62. The molecule has 0 fully saturated rings. The Morgan fingerprint density at radius 1 is 0.708 bits per heavy atom. The topological polar surface area (TPSA) is 159 Å². The maximum atomic E-state index is 13.5. The number of thiophene rings is 2. The van der Waals surface area contributed by atoms with E-state index in [1.807, 2.05) is 36.4 Å². The van der Waals surface area contributed by atoms with Crippen molar-refractivity contribution >= 4 is 87.2 Å². The molecule has 0 N–H and O–H groups in total. The fourth-order valence-electron chi connectivity index (χ4n) is 6.09. The van der Waals surface area contributed by atoms with E-state index in [1.165, 1.54) is 22.7 Å². The Hall–Kier alpha value is -6.24. The summed E-state index contributed by atoms with van der Waals surface area (Å²) in [4.78, 5) is 36.5. The highest BCUT2D eigenvalue weighted by Gasteiger charge is 2.35. The molecular weight excluding hydrogens is 639 g/mol. The van der Waals surface area contributed by atoms with E-state index in [-0.39, 0.29) is 45.3 Å². The van der Waals surface area contributed by atoms with Gasteiger partial charge in [0.1, 0.15) is 56.8 Å². The number of hydrogen-bond donors (Lipinski definition) is 0. The predicted molar refractivity (Wildman–Crippen MR) is 187 cm³/mol. The number of nitrogens with zero attached hydrogens (tertiary/aromatic N) is 7. The Bertz CT molecular complexity index is 2370.